The summed E-state index contributed by atoms with van der Waals surface area (Å²) in [5.41, 5.74) is 1.60. The maximum Gasteiger partial charge on any atom is 0.232 e. The lowest BCUT2D eigenvalue weighted by atomic mass is 10.3. The van der Waals surface area contributed by atoms with Crippen LogP contribution in [-0.4, -0.2) is 15.9 Å². The minimum absolute atomic E-state index is 0.135. The number of benzene rings is 2. The van der Waals surface area contributed by atoms with Crippen LogP contribution in [0.15, 0.2) is 53.9 Å². The second-order valence-corrected chi connectivity index (χ2v) is 8.10. The van der Waals surface area contributed by atoms with Gasteiger partial charge in [0.25, 0.3) is 0 Å². The van der Waals surface area contributed by atoms with Gasteiger partial charge in [-0.2, -0.15) is 0 Å². The number of nitrogens with one attached hydrogen (secondary N) is 1. The molecule has 2 aromatic carbocycles. The molecule has 0 unspecified atom stereocenters. The molecule has 0 atom stereocenters. The number of hydrogen-bond acceptors (Lipinski definition) is 6. The second-order valence-electron chi connectivity index (χ2n) is 5.69. The van der Waals surface area contributed by atoms with E-state index >= 15 is 0 Å². The van der Waals surface area contributed by atoms with Gasteiger partial charge >= 0.3 is 0 Å². The van der Waals surface area contributed by atoms with Gasteiger partial charge in [0.05, 0.1) is 22.3 Å². The van der Waals surface area contributed by atoms with Gasteiger partial charge in [-0.05, 0) is 36.4 Å². The number of nitrogens with zero attached hydrogens (tertiary/aromatic N) is 2. The van der Waals surface area contributed by atoms with E-state index in [1.165, 1.54) is 22.7 Å². The van der Waals surface area contributed by atoms with Crippen molar-refractivity contribution >= 4 is 55.5 Å². The minimum Gasteiger partial charge on any atom is -0.486 e. The molecule has 0 bridgehead atoms. The van der Waals surface area contributed by atoms with Gasteiger partial charge in [0.15, 0.2) is 5.13 Å². The van der Waals surface area contributed by atoms with Gasteiger partial charge in [0.1, 0.15) is 17.4 Å². The lowest BCUT2D eigenvalue weighted by Gasteiger charge is -2.03. The molecule has 0 aliphatic rings. The van der Waals surface area contributed by atoms with Crippen molar-refractivity contribution in [2.45, 2.75) is 13.0 Å². The smallest absolute Gasteiger partial charge is 0.232 e. The first-order valence-corrected chi connectivity index (χ1v) is 10.2. The van der Waals surface area contributed by atoms with Crippen LogP contribution in [0.25, 0.3) is 10.2 Å². The van der Waals surface area contributed by atoms with Crippen molar-refractivity contribution in [3.8, 4) is 5.75 Å². The van der Waals surface area contributed by atoms with E-state index < -0.39 is 0 Å². The fourth-order valence-corrected chi connectivity index (χ4v) is 4.14. The summed E-state index contributed by atoms with van der Waals surface area (Å²) in [6.45, 7) is 0.353. The number of carbonyl (C=O) groups is 1. The average Bonchev–Trinajstić information content (AvgIpc) is 3.27. The predicted octanol–water partition coefficient (Wildman–Crippen LogP) is 5.17. The molecule has 1 N–H and O–H groups in total. The van der Waals surface area contributed by atoms with Crippen LogP contribution in [0, 0.1) is 0 Å². The molecule has 0 saturated heterocycles. The SMILES string of the molecule is O=C(Cc1csc(COc2ccc(Cl)cc2)n1)Nc1nc2ccccc2s1. The molecule has 0 saturated carbocycles. The van der Waals surface area contributed by atoms with Crippen LogP contribution in [0.2, 0.25) is 5.02 Å². The Labute approximate surface area is 168 Å². The van der Waals surface area contributed by atoms with Gasteiger partial charge in [0.2, 0.25) is 5.91 Å². The van der Waals surface area contributed by atoms with Crippen molar-refractivity contribution in [3.05, 3.63) is 69.6 Å². The monoisotopic (exact) mass is 415 g/mol. The van der Waals surface area contributed by atoms with E-state index in [1.807, 2.05) is 41.8 Å². The lowest BCUT2D eigenvalue weighted by molar-refractivity contribution is -0.115. The zero-order valence-corrected chi connectivity index (χ0v) is 16.4. The molecular formula is C19H14ClN3O2S2. The zero-order chi connectivity index (χ0) is 18.6. The normalized spacial score (nSPS) is 10.9. The Hall–Kier alpha value is -2.48. The highest BCUT2D eigenvalue weighted by Crippen LogP contribution is 2.25. The standard InChI is InChI=1S/C19H14ClN3O2S2/c20-12-5-7-14(8-6-12)25-10-18-21-13(11-26-18)9-17(24)23-19-22-15-3-1-2-4-16(15)27-19/h1-8,11H,9-10H2,(H,22,23,24). The fraction of sp³-hybridized carbons (Fsp3) is 0.105. The van der Waals surface area contributed by atoms with Crippen molar-refractivity contribution in [1.29, 1.82) is 0 Å². The number of rotatable bonds is 6. The highest BCUT2D eigenvalue weighted by Gasteiger charge is 2.11. The van der Waals surface area contributed by atoms with E-state index in [4.69, 9.17) is 16.3 Å². The van der Waals surface area contributed by atoms with E-state index in [9.17, 15) is 4.79 Å². The third-order valence-electron chi connectivity index (χ3n) is 3.66. The van der Waals surface area contributed by atoms with Crippen molar-refractivity contribution in [3.63, 3.8) is 0 Å². The van der Waals surface area contributed by atoms with Gasteiger partial charge in [-0.1, -0.05) is 35.1 Å². The maximum absolute atomic E-state index is 12.3. The first kappa shape index (κ1) is 17.9. The van der Waals surface area contributed by atoms with Crippen LogP contribution in [0.1, 0.15) is 10.7 Å². The number of fused-ring (bicyclic) bond motifs is 1. The zero-order valence-electron chi connectivity index (χ0n) is 14.0. The Bertz CT molecular complexity index is 1040. The Balaban J connectivity index is 1.32. The number of anilines is 1. The number of amides is 1. The second kappa shape index (κ2) is 8.04. The number of aromatic nitrogens is 2. The number of thiazole rings is 2. The third-order valence-corrected chi connectivity index (χ3v) is 5.73. The Morgan fingerprint density at radius 1 is 1.11 bits per heavy atom. The summed E-state index contributed by atoms with van der Waals surface area (Å²) in [7, 11) is 0. The number of halogens is 1. The molecule has 2 heterocycles. The molecule has 0 aliphatic heterocycles. The number of hydrogen-bond donors (Lipinski definition) is 1. The Morgan fingerprint density at radius 2 is 1.93 bits per heavy atom. The summed E-state index contributed by atoms with van der Waals surface area (Å²) in [6.07, 6.45) is 0.202. The molecule has 5 nitrogen and oxygen atoms in total. The highest BCUT2D eigenvalue weighted by atomic mass is 35.5. The van der Waals surface area contributed by atoms with Crippen molar-refractivity contribution in [2.75, 3.05) is 5.32 Å². The van der Waals surface area contributed by atoms with Crippen LogP contribution in [0.3, 0.4) is 0 Å². The summed E-state index contributed by atoms with van der Waals surface area (Å²) in [4.78, 5) is 21.1. The molecular weight excluding hydrogens is 402 g/mol. The van der Waals surface area contributed by atoms with Crippen LogP contribution in [0.5, 0.6) is 5.75 Å². The molecule has 2 aromatic heterocycles. The predicted molar refractivity (Wildman–Crippen MR) is 110 cm³/mol. The first-order chi connectivity index (χ1) is 13.2. The summed E-state index contributed by atoms with van der Waals surface area (Å²) in [5, 5.41) is 6.79. The maximum atomic E-state index is 12.3. The summed E-state index contributed by atoms with van der Waals surface area (Å²) < 4.78 is 6.72. The Kier molecular flexibility index (Phi) is 5.33. The van der Waals surface area contributed by atoms with Crippen molar-refractivity contribution in [1.82, 2.24) is 9.97 Å². The van der Waals surface area contributed by atoms with Crippen molar-refractivity contribution < 1.29 is 9.53 Å². The van der Waals surface area contributed by atoms with Gasteiger partial charge in [0, 0.05) is 10.4 Å². The summed E-state index contributed by atoms with van der Waals surface area (Å²) in [5.74, 6) is 0.592. The van der Waals surface area contributed by atoms with Crippen LogP contribution >= 0.6 is 34.3 Å². The summed E-state index contributed by atoms with van der Waals surface area (Å²) >= 11 is 8.78. The lowest BCUT2D eigenvalue weighted by Crippen LogP contribution is -2.14. The van der Waals surface area contributed by atoms with Crippen molar-refractivity contribution in [2.24, 2.45) is 0 Å². The van der Waals surface area contributed by atoms with E-state index in [-0.39, 0.29) is 12.3 Å². The quantitative estimate of drug-likeness (QED) is 0.472. The fourth-order valence-electron chi connectivity index (χ4n) is 2.43. The molecule has 27 heavy (non-hydrogen) atoms. The molecule has 0 aliphatic carbocycles. The van der Waals surface area contributed by atoms with E-state index in [0.717, 1.165) is 21.0 Å². The molecule has 0 fully saturated rings. The molecule has 4 rings (SSSR count). The molecule has 0 spiro atoms. The summed E-state index contributed by atoms with van der Waals surface area (Å²) in [6, 6.07) is 15.0. The topological polar surface area (TPSA) is 64.1 Å². The van der Waals surface area contributed by atoms with Crippen LogP contribution in [-0.2, 0) is 17.8 Å². The number of carbonyl (C=O) groups excluding carboxylic acids is 1. The molecule has 0 radical (unpaired) electrons. The highest BCUT2D eigenvalue weighted by molar-refractivity contribution is 7.22. The van der Waals surface area contributed by atoms with Gasteiger partial charge in [-0.25, -0.2) is 9.97 Å². The van der Waals surface area contributed by atoms with E-state index in [0.29, 0.717) is 22.5 Å². The largest absolute Gasteiger partial charge is 0.486 e. The number of para-hydroxylation sites is 1. The van der Waals surface area contributed by atoms with Gasteiger partial charge < -0.3 is 10.1 Å². The van der Waals surface area contributed by atoms with Crippen LogP contribution in [0.4, 0.5) is 5.13 Å². The molecule has 4 aromatic rings. The van der Waals surface area contributed by atoms with E-state index in [2.05, 4.69) is 15.3 Å². The molecule has 1 amide bonds. The number of ether oxygens (including phenoxy) is 1. The average molecular weight is 416 g/mol. The molecule has 8 heteroatoms. The Morgan fingerprint density at radius 3 is 2.74 bits per heavy atom. The van der Waals surface area contributed by atoms with E-state index in [1.54, 1.807) is 12.1 Å². The first-order valence-electron chi connectivity index (χ1n) is 8.13. The molecule has 136 valence electrons. The third kappa shape index (κ3) is 4.63. The minimum atomic E-state index is -0.135. The van der Waals surface area contributed by atoms with Gasteiger partial charge in [-0.15, -0.1) is 11.3 Å². The van der Waals surface area contributed by atoms with Gasteiger partial charge in [-0.3, -0.25) is 4.79 Å². The van der Waals surface area contributed by atoms with Crippen LogP contribution < -0.4 is 10.1 Å².